The van der Waals surface area contributed by atoms with Gasteiger partial charge in [-0.15, -0.1) is 0 Å². The van der Waals surface area contributed by atoms with Gasteiger partial charge in [0.1, 0.15) is 13.2 Å². The summed E-state index contributed by atoms with van der Waals surface area (Å²) >= 11 is 0. The molecule has 64 heavy (non-hydrogen) atoms. The molecule has 0 rings (SSSR count). The lowest BCUT2D eigenvalue weighted by Crippen LogP contribution is -2.45. The first-order chi connectivity index (χ1) is 31.0. The van der Waals surface area contributed by atoms with Gasteiger partial charge >= 0.3 is 7.82 Å². The Morgan fingerprint density at radius 1 is 0.531 bits per heavy atom. The highest BCUT2D eigenvalue weighted by molar-refractivity contribution is 7.47. The van der Waals surface area contributed by atoms with E-state index in [9.17, 15) is 19.4 Å². The second-order valence-corrected chi connectivity index (χ2v) is 20.7. The molecule has 0 aromatic carbocycles. The molecule has 0 aliphatic heterocycles. The fourth-order valence-corrected chi connectivity index (χ4v) is 8.19. The lowest BCUT2D eigenvalue weighted by Gasteiger charge is -2.25. The summed E-state index contributed by atoms with van der Waals surface area (Å²) in [4.78, 5) is 23.2. The fraction of sp³-hybridized carbons (Fsp3) is 0.800. The summed E-state index contributed by atoms with van der Waals surface area (Å²) in [6.45, 7) is 4.77. The first-order valence-electron chi connectivity index (χ1n) is 26.7. The van der Waals surface area contributed by atoms with E-state index in [-0.39, 0.29) is 19.1 Å². The normalized spacial score (nSPS) is 14.5. The molecule has 0 radical (unpaired) electrons. The Labute approximate surface area is 396 Å². The lowest BCUT2D eigenvalue weighted by molar-refractivity contribution is -0.870. The fourth-order valence-electron chi connectivity index (χ4n) is 7.46. The lowest BCUT2D eigenvalue weighted by atomic mass is 10.0. The summed E-state index contributed by atoms with van der Waals surface area (Å²) in [5.74, 6) is -0.196. The zero-order valence-electron chi connectivity index (χ0n) is 42.5. The van der Waals surface area contributed by atoms with Crippen molar-refractivity contribution in [2.45, 2.75) is 244 Å². The highest BCUT2D eigenvalue weighted by atomic mass is 31.2. The van der Waals surface area contributed by atoms with Crippen molar-refractivity contribution >= 4 is 13.7 Å². The van der Waals surface area contributed by atoms with Crippen LogP contribution in [0, 0.1) is 0 Å². The number of allylic oxidation sites excluding steroid dienone is 9. The van der Waals surface area contributed by atoms with Crippen LogP contribution in [0.2, 0.25) is 0 Å². The SMILES string of the molecule is CCCCC/C=C\C/C=C\CCCCCCCCCCCC(=O)NC(COP(=O)(O)OCC[N+](C)(C)C)C(O)/C=C/CC/C=C/CC/C=C/CCCCCCCCCCCCCCC. The van der Waals surface area contributed by atoms with Gasteiger partial charge in [-0.05, 0) is 77.0 Å². The third-order valence-electron chi connectivity index (χ3n) is 11.7. The second kappa shape index (κ2) is 46.3. The molecule has 0 saturated heterocycles. The van der Waals surface area contributed by atoms with Gasteiger partial charge in [-0.2, -0.15) is 0 Å². The van der Waals surface area contributed by atoms with E-state index in [1.807, 2.05) is 27.2 Å². The van der Waals surface area contributed by atoms with Crippen molar-refractivity contribution in [3.63, 3.8) is 0 Å². The molecule has 0 aliphatic carbocycles. The zero-order chi connectivity index (χ0) is 47.1. The number of amides is 1. The summed E-state index contributed by atoms with van der Waals surface area (Å²) in [6.07, 6.45) is 61.7. The number of phosphoric acid groups is 1. The Bertz CT molecular complexity index is 1230. The minimum atomic E-state index is -4.36. The molecule has 3 N–H and O–H groups in total. The van der Waals surface area contributed by atoms with E-state index in [0.717, 1.165) is 51.4 Å². The van der Waals surface area contributed by atoms with Gasteiger partial charge in [0.15, 0.2) is 0 Å². The number of nitrogens with zero attached hydrogens (tertiary/aromatic N) is 1. The number of hydrogen-bond acceptors (Lipinski definition) is 5. The topological polar surface area (TPSA) is 105 Å². The second-order valence-electron chi connectivity index (χ2n) is 19.2. The summed E-state index contributed by atoms with van der Waals surface area (Å²) in [5, 5.41) is 13.9. The highest BCUT2D eigenvalue weighted by Crippen LogP contribution is 2.43. The number of unbranched alkanes of at least 4 members (excludes halogenated alkanes) is 27. The molecular weight excluding hydrogens is 816 g/mol. The quantitative estimate of drug-likeness (QED) is 0.0243. The molecule has 0 fully saturated rings. The third kappa shape index (κ3) is 48.1. The van der Waals surface area contributed by atoms with Crippen LogP contribution in [0.5, 0.6) is 0 Å². The summed E-state index contributed by atoms with van der Waals surface area (Å²) < 4.78 is 23.6. The Hall–Kier alpha value is -1.80. The van der Waals surface area contributed by atoms with Gasteiger partial charge < -0.3 is 19.8 Å². The maximum absolute atomic E-state index is 12.9. The van der Waals surface area contributed by atoms with E-state index < -0.39 is 20.0 Å². The molecule has 3 atom stereocenters. The minimum absolute atomic E-state index is 0.0508. The van der Waals surface area contributed by atoms with Gasteiger partial charge in [0.2, 0.25) is 5.91 Å². The number of hydrogen-bond donors (Lipinski definition) is 3. The third-order valence-corrected chi connectivity index (χ3v) is 12.7. The smallest absolute Gasteiger partial charge is 0.387 e. The van der Waals surface area contributed by atoms with E-state index in [1.165, 1.54) is 161 Å². The Morgan fingerprint density at radius 3 is 1.38 bits per heavy atom. The van der Waals surface area contributed by atoms with Crippen LogP contribution in [0.1, 0.15) is 232 Å². The van der Waals surface area contributed by atoms with Crippen LogP contribution in [0.3, 0.4) is 0 Å². The van der Waals surface area contributed by atoms with Crippen LogP contribution < -0.4 is 5.32 Å². The van der Waals surface area contributed by atoms with Crippen molar-refractivity contribution in [2.75, 3.05) is 40.9 Å². The van der Waals surface area contributed by atoms with Gasteiger partial charge in [0, 0.05) is 6.42 Å². The molecule has 0 aromatic rings. The van der Waals surface area contributed by atoms with Gasteiger partial charge in [-0.3, -0.25) is 13.8 Å². The molecule has 9 heteroatoms. The van der Waals surface area contributed by atoms with Gasteiger partial charge in [-0.25, -0.2) is 4.57 Å². The van der Waals surface area contributed by atoms with Crippen molar-refractivity contribution in [1.29, 1.82) is 0 Å². The molecular formula is C55H104N2O6P+. The van der Waals surface area contributed by atoms with Crippen LogP contribution in [-0.4, -0.2) is 73.4 Å². The van der Waals surface area contributed by atoms with Gasteiger partial charge in [-0.1, -0.05) is 209 Å². The summed E-state index contributed by atoms with van der Waals surface area (Å²) in [7, 11) is 1.54. The first kappa shape index (κ1) is 62.2. The van der Waals surface area contributed by atoms with E-state index >= 15 is 0 Å². The monoisotopic (exact) mass is 920 g/mol. The number of aliphatic hydroxyl groups excluding tert-OH is 1. The van der Waals surface area contributed by atoms with Gasteiger partial charge in [0.05, 0.1) is 39.9 Å². The predicted molar refractivity (Wildman–Crippen MR) is 277 cm³/mol. The minimum Gasteiger partial charge on any atom is -0.387 e. The maximum atomic E-state index is 12.9. The molecule has 0 bridgehead atoms. The van der Waals surface area contributed by atoms with Crippen molar-refractivity contribution in [1.82, 2.24) is 5.32 Å². The molecule has 0 spiro atoms. The number of aliphatic hydroxyl groups is 1. The average molecular weight is 920 g/mol. The van der Waals surface area contributed by atoms with E-state index in [2.05, 4.69) is 67.8 Å². The maximum Gasteiger partial charge on any atom is 0.472 e. The first-order valence-corrected chi connectivity index (χ1v) is 28.2. The Balaban J connectivity index is 4.37. The molecule has 0 aliphatic rings. The van der Waals surface area contributed by atoms with E-state index in [1.54, 1.807) is 6.08 Å². The number of rotatable bonds is 48. The van der Waals surface area contributed by atoms with Crippen molar-refractivity contribution in [3.8, 4) is 0 Å². The van der Waals surface area contributed by atoms with Crippen LogP contribution in [-0.2, 0) is 18.4 Å². The van der Waals surface area contributed by atoms with Crippen molar-refractivity contribution in [2.24, 2.45) is 0 Å². The number of carbonyl (C=O) groups is 1. The highest BCUT2D eigenvalue weighted by Gasteiger charge is 2.27. The largest absolute Gasteiger partial charge is 0.472 e. The number of carbonyl (C=O) groups excluding carboxylic acids is 1. The Kier molecular flexibility index (Phi) is 45.0. The number of nitrogens with one attached hydrogen (secondary N) is 1. The summed E-state index contributed by atoms with van der Waals surface area (Å²) in [5.41, 5.74) is 0. The standard InChI is InChI=1S/C55H103N2O6P/c1-6-8-10-12-14-16-18-20-22-24-26-27-28-29-31-32-34-36-38-40-42-44-46-48-54(58)53(52-63-64(60,61)62-51-50-57(3,4)5)56-55(59)49-47-45-43-41-39-37-35-33-30-25-23-21-19-17-15-13-11-9-7-2/h15,17,21,23,31-32,38,40,46,48,53-54,58H,6-14,16,18-20,22,24-30,33-37,39,41-45,47,49-52H2,1-5H3,(H-,56,59,60,61)/p+1/b17-15-,23-21-,32-31+,40-38+,48-46+. The predicted octanol–water partition coefficient (Wildman–Crippen LogP) is 15.8. The summed E-state index contributed by atoms with van der Waals surface area (Å²) in [6, 6.07) is -0.874. The molecule has 3 unspecified atom stereocenters. The molecule has 0 saturated carbocycles. The molecule has 0 aromatic heterocycles. The van der Waals surface area contributed by atoms with Crippen molar-refractivity contribution in [3.05, 3.63) is 60.8 Å². The zero-order valence-corrected chi connectivity index (χ0v) is 43.4. The molecule has 8 nitrogen and oxygen atoms in total. The Morgan fingerprint density at radius 2 is 0.906 bits per heavy atom. The average Bonchev–Trinajstić information content (AvgIpc) is 3.25. The van der Waals surface area contributed by atoms with E-state index in [0.29, 0.717) is 17.4 Å². The molecule has 0 heterocycles. The van der Waals surface area contributed by atoms with Crippen LogP contribution >= 0.6 is 7.82 Å². The van der Waals surface area contributed by atoms with Crippen LogP contribution in [0.25, 0.3) is 0 Å². The molecule has 1 amide bonds. The number of likely N-dealkylation sites (N-methyl/N-ethyl adjacent to an activating group) is 1. The van der Waals surface area contributed by atoms with E-state index in [4.69, 9.17) is 9.05 Å². The number of phosphoric ester groups is 1. The van der Waals surface area contributed by atoms with Crippen LogP contribution in [0.4, 0.5) is 0 Å². The number of quaternary nitrogens is 1. The van der Waals surface area contributed by atoms with Crippen molar-refractivity contribution < 1.29 is 32.9 Å². The van der Waals surface area contributed by atoms with Gasteiger partial charge in [0.25, 0.3) is 0 Å². The van der Waals surface area contributed by atoms with Crippen LogP contribution in [0.15, 0.2) is 60.8 Å². The molecule has 374 valence electrons.